The molecule has 0 amide bonds. The average molecular weight is 849 g/mol. The maximum absolute atomic E-state index is 12.7. The molecule has 0 spiro atoms. The predicted octanol–water partition coefficient (Wildman–Crippen LogP) is 17.3. The smallest absolute Gasteiger partial charge is 0.306 e. The van der Waals surface area contributed by atoms with Crippen LogP contribution >= 0.6 is 0 Å². The third kappa shape index (κ3) is 47.5. The number of carbonyl (C=O) groups excluding carboxylic acids is 3. The van der Waals surface area contributed by atoms with E-state index in [1.165, 1.54) is 186 Å². The zero-order chi connectivity index (χ0) is 44.0. The van der Waals surface area contributed by atoms with Crippen LogP contribution in [-0.2, 0) is 28.6 Å². The molecule has 6 nitrogen and oxygen atoms in total. The number of hydrogen-bond acceptors (Lipinski definition) is 6. The molecule has 0 rings (SSSR count). The van der Waals surface area contributed by atoms with Crippen LogP contribution in [0.5, 0.6) is 0 Å². The Morgan fingerprint density at radius 1 is 0.317 bits per heavy atom. The van der Waals surface area contributed by atoms with Crippen molar-refractivity contribution in [3.63, 3.8) is 0 Å². The van der Waals surface area contributed by atoms with E-state index in [9.17, 15) is 14.4 Å². The number of ether oxygens (including phenoxy) is 3. The first-order valence-electron chi connectivity index (χ1n) is 26.7. The highest BCUT2D eigenvalue weighted by molar-refractivity contribution is 5.71. The SMILES string of the molecule is CCCCCCCCCCCCCCCCCCCCC(=O)OC[C@H](COC(=O)CCCCCCCCCCCCCCC(C)C)OC(=O)CCCCCCCCC(C)C. The molecule has 60 heavy (non-hydrogen) atoms. The average Bonchev–Trinajstić information content (AvgIpc) is 3.22. The second kappa shape index (κ2) is 46.9. The molecule has 0 radical (unpaired) electrons. The van der Waals surface area contributed by atoms with Gasteiger partial charge in [-0.25, -0.2) is 0 Å². The lowest BCUT2D eigenvalue weighted by molar-refractivity contribution is -0.167. The first kappa shape index (κ1) is 58.4. The minimum atomic E-state index is -0.762. The zero-order valence-electron chi connectivity index (χ0n) is 41.1. The van der Waals surface area contributed by atoms with Crippen molar-refractivity contribution < 1.29 is 28.6 Å². The molecular formula is C54H104O6. The van der Waals surface area contributed by atoms with Gasteiger partial charge in [0.25, 0.3) is 0 Å². The first-order chi connectivity index (χ1) is 29.2. The summed E-state index contributed by atoms with van der Waals surface area (Å²) in [5.74, 6) is 0.741. The quantitative estimate of drug-likeness (QED) is 0.0345. The van der Waals surface area contributed by atoms with Crippen LogP contribution in [0.3, 0.4) is 0 Å². The van der Waals surface area contributed by atoms with Crippen LogP contribution in [0.2, 0.25) is 0 Å². The Morgan fingerprint density at radius 2 is 0.550 bits per heavy atom. The van der Waals surface area contributed by atoms with Crippen molar-refractivity contribution in [3.8, 4) is 0 Å². The largest absolute Gasteiger partial charge is 0.462 e. The highest BCUT2D eigenvalue weighted by Gasteiger charge is 2.19. The van der Waals surface area contributed by atoms with Crippen molar-refractivity contribution in [2.45, 2.75) is 304 Å². The lowest BCUT2D eigenvalue weighted by Crippen LogP contribution is -2.30. The van der Waals surface area contributed by atoms with Crippen LogP contribution in [0.1, 0.15) is 298 Å². The molecule has 0 aromatic carbocycles. The fourth-order valence-electron chi connectivity index (χ4n) is 8.17. The van der Waals surface area contributed by atoms with E-state index in [-0.39, 0.29) is 31.1 Å². The van der Waals surface area contributed by atoms with Crippen LogP contribution in [0.25, 0.3) is 0 Å². The first-order valence-corrected chi connectivity index (χ1v) is 26.7. The standard InChI is InChI=1S/C54H104O6/c1-6-7-8-9-10-11-12-13-14-15-16-17-18-22-25-28-34-39-44-52(55)58-47-51(60-54(57)46-41-36-31-30-33-38-43-50(4)5)48-59-53(56)45-40-35-29-26-23-20-19-21-24-27-32-37-42-49(2)3/h49-51H,6-48H2,1-5H3/t51-/m1/s1. The molecule has 0 aliphatic heterocycles. The van der Waals surface area contributed by atoms with Gasteiger partial charge in [0.1, 0.15) is 13.2 Å². The number of esters is 3. The van der Waals surface area contributed by atoms with E-state index in [0.717, 1.165) is 69.6 Å². The Morgan fingerprint density at radius 3 is 0.817 bits per heavy atom. The summed E-state index contributed by atoms with van der Waals surface area (Å²) in [7, 11) is 0. The summed E-state index contributed by atoms with van der Waals surface area (Å²) in [4.78, 5) is 37.9. The van der Waals surface area contributed by atoms with Crippen LogP contribution in [-0.4, -0.2) is 37.2 Å². The van der Waals surface area contributed by atoms with Crippen LogP contribution in [0, 0.1) is 11.8 Å². The normalized spacial score (nSPS) is 12.1. The molecule has 0 bridgehead atoms. The highest BCUT2D eigenvalue weighted by atomic mass is 16.6. The molecular weight excluding hydrogens is 745 g/mol. The molecule has 0 N–H and O–H groups in total. The molecule has 356 valence electrons. The van der Waals surface area contributed by atoms with Crippen LogP contribution in [0.15, 0.2) is 0 Å². The number of unbranched alkanes of at least 4 members (excludes halogenated alkanes) is 33. The highest BCUT2D eigenvalue weighted by Crippen LogP contribution is 2.17. The summed E-state index contributed by atoms with van der Waals surface area (Å²) in [5.41, 5.74) is 0. The second-order valence-electron chi connectivity index (χ2n) is 19.5. The Bertz CT molecular complexity index is 916. The molecule has 0 fully saturated rings. The van der Waals surface area contributed by atoms with Gasteiger partial charge in [-0.3, -0.25) is 14.4 Å². The molecule has 1 atom stereocenters. The molecule has 0 unspecified atom stereocenters. The van der Waals surface area contributed by atoms with Gasteiger partial charge in [0.2, 0.25) is 0 Å². The van der Waals surface area contributed by atoms with Gasteiger partial charge in [-0.15, -0.1) is 0 Å². The maximum atomic E-state index is 12.7. The van der Waals surface area contributed by atoms with Crippen LogP contribution < -0.4 is 0 Å². The lowest BCUT2D eigenvalue weighted by atomic mass is 10.0. The van der Waals surface area contributed by atoms with E-state index >= 15 is 0 Å². The molecule has 0 aliphatic rings. The van der Waals surface area contributed by atoms with Gasteiger partial charge in [-0.1, -0.05) is 259 Å². The number of rotatable bonds is 48. The topological polar surface area (TPSA) is 78.9 Å². The Labute approximate surface area is 374 Å². The minimum Gasteiger partial charge on any atom is -0.462 e. The Hall–Kier alpha value is -1.59. The zero-order valence-corrected chi connectivity index (χ0v) is 41.1. The fraction of sp³-hybridized carbons (Fsp3) is 0.944. The van der Waals surface area contributed by atoms with Gasteiger partial charge in [0.15, 0.2) is 6.10 Å². The fourth-order valence-corrected chi connectivity index (χ4v) is 8.17. The number of hydrogen-bond donors (Lipinski definition) is 0. The van der Waals surface area contributed by atoms with Crippen molar-refractivity contribution >= 4 is 17.9 Å². The molecule has 6 heteroatoms. The summed E-state index contributed by atoms with van der Waals surface area (Å²) in [5, 5.41) is 0. The van der Waals surface area contributed by atoms with E-state index in [1.807, 2.05) is 0 Å². The molecule has 0 aromatic rings. The summed E-state index contributed by atoms with van der Waals surface area (Å²) >= 11 is 0. The lowest BCUT2D eigenvalue weighted by Gasteiger charge is -2.18. The molecule has 0 saturated carbocycles. The molecule has 0 aliphatic carbocycles. The third-order valence-corrected chi connectivity index (χ3v) is 12.2. The van der Waals surface area contributed by atoms with Crippen molar-refractivity contribution in [1.29, 1.82) is 0 Å². The second-order valence-corrected chi connectivity index (χ2v) is 19.5. The summed E-state index contributed by atoms with van der Waals surface area (Å²) in [6.07, 6.45) is 48.2. The summed E-state index contributed by atoms with van der Waals surface area (Å²) < 4.78 is 16.8. The van der Waals surface area contributed by atoms with E-state index in [4.69, 9.17) is 14.2 Å². The van der Waals surface area contributed by atoms with Crippen molar-refractivity contribution in [1.82, 2.24) is 0 Å². The van der Waals surface area contributed by atoms with Crippen LogP contribution in [0.4, 0.5) is 0 Å². The number of carbonyl (C=O) groups is 3. The van der Waals surface area contributed by atoms with Crippen molar-refractivity contribution in [2.24, 2.45) is 11.8 Å². The molecule has 0 saturated heterocycles. The van der Waals surface area contributed by atoms with Crippen molar-refractivity contribution in [2.75, 3.05) is 13.2 Å². The summed E-state index contributed by atoms with van der Waals surface area (Å²) in [6.45, 7) is 11.3. The monoisotopic (exact) mass is 849 g/mol. The predicted molar refractivity (Wildman–Crippen MR) is 256 cm³/mol. The third-order valence-electron chi connectivity index (χ3n) is 12.2. The van der Waals surface area contributed by atoms with E-state index in [1.54, 1.807) is 0 Å². The minimum absolute atomic E-state index is 0.0646. The van der Waals surface area contributed by atoms with Gasteiger partial charge >= 0.3 is 17.9 Å². The van der Waals surface area contributed by atoms with Gasteiger partial charge in [-0.05, 0) is 31.1 Å². The van der Waals surface area contributed by atoms with E-state index < -0.39 is 6.10 Å². The summed E-state index contributed by atoms with van der Waals surface area (Å²) in [6, 6.07) is 0. The Kier molecular flexibility index (Phi) is 45.7. The van der Waals surface area contributed by atoms with Gasteiger partial charge in [0.05, 0.1) is 0 Å². The van der Waals surface area contributed by atoms with E-state index in [0.29, 0.717) is 19.3 Å². The Balaban J connectivity index is 4.21. The molecule has 0 aromatic heterocycles. The van der Waals surface area contributed by atoms with Gasteiger partial charge in [0, 0.05) is 19.3 Å². The van der Waals surface area contributed by atoms with Gasteiger partial charge < -0.3 is 14.2 Å². The maximum Gasteiger partial charge on any atom is 0.306 e. The van der Waals surface area contributed by atoms with Gasteiger partial charge in [-0.2, -0.15) is 0 Å². The van der Waals surface area contributed by atoms with Crippen molar-refractivity contribution in [3.05, 3.63) is 0 Å². The van der Waals surface area contributed by atoms with E-state index in [2.05, 4.69) is 34.6 Å². The molecule has 0 heterocycles.